The van der Waals surface area contributed by atoms with E-state index in [1.807, 2.05) is 0 Å². The quantitative estimate of drug-likeness (QED) is 0.657. The molecule has 2 aromatic carbocycles. The molecular weight excluding hydrogens is 454 g/mol. The zero-order chi connectivity index (χ0) is 24.1. The smallest absolute Gasteiger partial charge is 0.325 e. The van der Waals surface area contributed by atoms with E-state index in [2.05, 4.69) is 35.3 Å². The second-order valence-electron chi connectivity index (χ2n) is 9.50. The molecule has 1 N–H and O–H groups in total. The third-order valence-corrected chi connectivity index (χ3v) is 8.47. The first-order chi connectivity index (χ1) is 16.2. The number of ether oxygens (including phenoxy) is 1. The molecule has 2 aromatic rings. The van der Waals surface area contributed by atoms with E-state index >= 15 is 0 Å². The van der Waals surface area contributed by atoms with Gasteiger partial charge in [-0.1, -0.05) is 24.3 Å². The van der Waals surface area contributed by atoms with Gasteiger partial charge in [0.05, 0.1) is 18.0 Å². The summed E-state index contributed by atoms with van der Waals surface area (Å²) in [5, 5.41) is 2.95. The molecule has 5 rings (SSSR count). The first-order valence-electron chi connectivity index (χ1n) is 11.6. The Kier molecular flexibility index (Phi) is 5.64. The molecule has 3 heterocycles. The summed E-state index contributed by atoms with van der Waals surface area (Å²) in [4.78, 5) is 29.8. The summed E-state index contributed by atoms with van der Waals surface area (Å²) >= 11 is 0. The zero-order valence-electron chi connectivity index (χ0n) is 19.4. The van der Waals surface area contributed by atoms with Crippen LogP contribution in [0.3, 0.4) is 0 Å². The van der Waals surface area contributed by atoms with Gasteiger partial charge in [-0.05, 0) is 54.7 Å². The van der Waals surface area contributed by atoms with Crippen molar-refractivity contribution >= 4 is 21.8 Å². The highest BCUT2D eigenvalue weighted by molar-refractivity contribution is 7.90. The standard InChI is InChI=1S/C25H29N3O5S/c1-17(20-6-5-19-9-14-33-22(19)15-20)27-12-10-25(11-13-27)23(29)28(24(30)26-25)16-18-3-7-21(8-4-18)34(2,31)32/h3-8,15,17H,9-14,16H2,1-2H3,(H,26,30). The van der Waals surface area contributed by atoms with Crippen LogP contribution < -0.4 is 10.1 Å². The van der Waals surface area contributed by atoms with E-state index in [0.29, 0.717) is 31.5 Å². The van der Waals surface area contributed by atoms with Gasteiger partial charge in [-0.3, -0.25) is 14.6 Å². The van der Waals surface area contributed by atoms with Crippen molar-refractivity contribution in [2.24, 2.45) is 0 Å². The molecular formula is C25H29N3O5S. The Morgan fingerprint density at radius 3 is 2.47 bits per heavy atom. The number of hydrogen-bond donors (Lipinski definition) is 1. The van der Waals surface area contributed by atoms with E-state index in [9.17, 15) is 18.0 Å². The molecule has 1 atom stereocenters. The lowest BCUT2D eigenvalue weighted by molar-refractivity contribution is -0.133. The van der Waals surface area contributed by atoms with E-state index in [0.717, 1.165) is 25.0 Å². The first-order valence-corrected chi connectivity index (χ1v) is 13.5. The topological polar surface area (TPSA) is 96.0 Å². The fourth-order valence-electron chi connectivity index (χ4n) is 5.13. The largest absolute Gasteiger partial charge is 0.493 e. The molecule has 2 fully saturated rings. The summed E-state index contributed by atoms with van der Waals surface area (Å²) in [6.45, 7) is 4.41. The normalized spacial score (nSPS) is 20.8. The fourth-order valence-corrected chi connectivity index (χ4v) is 5.76. The molecule has 0 bridgehead atoms. The van der Waals surface area contributed by atoms with Gasteiger partial charge < -0.3 is 10.1 Å². The maximum Gasteiger partial charge on any atom is 0.325 e. The summed E-state index contributed by atoms with van der Waals surface area (Å²) < 4.78 is 29.1. The van der Waals surface area contributed by atoms with Crippen LogP contribution in [0, 0.1) is 0 Å². The van der Waals surface area contributed by atoms with Crippen LogP contribution in [0.4, 0.5) is 4.79 Å². The highest BCUT2D eigenvalue weighted by atomic mass is 32.2. The van der Waals surface area contributed by atoms with E-state index in [1.165, 1.54) is 28.2 Å². The van der Waals surface area contributed by atoms with Crippen molar-refractivity contribution in [3.05, 3.63) is 59.2 Å². The summed E-state index contributed by atoms with van der Waals surface area (Å²) in [7, 11) is -3.30. The predicted molar refractivity (Wildman–Crippen MR) is 126 cm³/mol. The maximum absolute atomic E-state index is 13.3. The highest BCUT2D eigenvalue weighted by Crippen LogP contribution is 2.35. The molecule has 1 unspecified atom stereocenters. The number of piperidine rings is 1. The monoisotopic (exact) mass is 483 g/mol. The van der Waals surface area contributed by atoms with Crippen LogP contribution >= 0.6 is 0 Å². The molecule has 34 heavy (non-hydrogen) atoms. The lowest BCUT2D eigenvalue weighted by atomic mass is 9.86. The number of fused-ring (bicyclic) bond motifs is 1. The molecule has 180 valence electrons. The number of imide groups is 1. The van der Waals surface area contributed by atoms with Crippen molar-refractivity contribution in [2.45, 2.75) is 49.2 Å². The number of hydrogen-bond acceptors (Lipinski definition) is 6. The van der Waals surface area contributed by atoms with Crippen LogP contribution in [-0.4, -0.2) is 61.6 Å². The zero-order valence-corrected chi connectivity index (χ0v) is 20.2. The second-order valence-corrected chi connectivity index (χ2v) is 11.5. The molecule has 0 aromatic heterocycles. The number of benzene rings is 2. The molecule has 0 aliphatic carbocycles. The first kappa shape index (κ1) is 22.9. The van der Waals surface area contributed by atoms with Gasteiger partial charge in [-0.15, -0.1) is 0 Å². The van der Waals surface area contributed by atoms with Gasteiger partial charge >= 0.3 is 6.03 Å². The Bertz CT molecular complexity index is 1230. The lowest BCUT2D eigenvalue weighted by Crippen LogP contribution is -2.55. The van der Waals surface area contributed by atoms with Gasteiger partial charge in [0.1, 0.15) is 11.3 Å². The number of carbonyl (C=O) groups is 2. The molecule has 9 heteroatoms. The van der Waals surface area contributed by atoms with Crippen molar-refractivity contribution in [3.8, 4) is 5.75 Å². The number of likely N-dealkylation sites (tertiary alicyclic amines) is 1. The fraction of sp³-hybridized carbons (Fsp3) is 0.440. The third-order valence-electron chi connectivity index (χ3n) is 7.34. The molecule has 3 amide bonds. The predicted octanol–water partition coefficient (Wildman–Crippen LogP) is 2.67. The lowest BCUT2D eigenvalue weighted by Gasteiger charge is -2.40. The van der Waals surface area contributed by atoms with Crippen LogP contribution in [-0.2, 0) is 27.6 Å². The number of nitrogens with one attached hydrogen (secondary N) is 1. The third kappa shape index (κ3) is 4.07. The number of sulfone groups is 1. The molecule has 0 saturated carbocycles. The number of nitrogens with zero attached hydrogens (tertiary/aromatic N) is 2. The summed E-state index contributed by atoms with van der Waals surface area (Å²) in [6, 6.07) is 12.5. The number of rotatable bonds is 5. The minimum atomic E-state index is -3.30. The number of urea groups is 1. The summed E-state index contributed by atoms with van der Waals surface area (Å²) in [6.07, 6.45) is 3.20. The van der Waals surface area contributed by atoms with Gasteiger partial charge in [0, 0.05) is 31.8 Å². The highest BCUT2D eigenvalue weighted by Gasteiger charge is 2.52. The number of carbonyl (C=O) groups excluding carboxylic acids is 2. The molecule has 0 radical (unpaired) electrons. The van der Waals surface area contributed by atoms with Crippen LogP contribution in [0.15, 0.2) is 47.4 Å². The van der Waals surface area contributed by atoms with Crippen LogP contribution in [0.1, 0.15) is 42.5 Å². The van der Waals surface area contributed by atoms with Crippen LogP contribution in [0.25, 0.3) is 0 Å². The molecule has 3 aliphatic heterocycles. The minimum Gasteiger partial charge on any atom is -0.493 e. The SMILES string of the molecule is CC(c1ccc2c(c1)OCC2)N1CCC2(CC1)NC(=O)N(Cc1ccc(S(C)(=O)=O)cc1)C2=O. The van der Waals surface area contributed by atoms with Crippen molar-refractivity contribution in [1.82, 2.24) is 15.1 Å². The van der Waals surface area contributed by atoms with Gasteiger partial charge in [0.2, 0.25) is 0 Å². The van der Waals surface area contributed by atoms with Gasteiger partial charge in [0.25, 0.3) is 5.91 Å². The Labute approximate surface area is 199 Å². The van der Waals surface area contributed by atoms with Crippen LogP contribution in [0.5, 0.6) is 5.75 Å². The summed E-state index contributed by atoms with van der Waals surface area (Å²) in [5.41, 5.74) is 2.27. The van der Waals surface area contributed by atoms with Crippen molar-refractivity contribution in [3.63, 3.8) is 0 Å². The molecule has 3 aliphatic rings. The van der Waals surface area contributed by atoms with Crippen molar-refractivity contribution < 1.29 is 22.7 Å². The van der Waals surface area contributed by atoms with E-state index < -0.39 is 21.4 Å². The molecule has 8 nitrogen and oxygen atoms in total. The van der Waals surface area contributed by atoms with E-state index in [4.69, 9.17) is 4.74 Å². The Morgan fingerprint density at radius 2 is 1.79 bits per heavy atom. The van der Waals surface area contributed by atoms with Crippen molar-refractivity contribution in [2.75, 3.05) is 26.0 Å². The van der Waals surface area contributed by atoms with Crippen molar-refractivity contribution in [1.29, 1.82) is 0 Å². The second kappa shape index (κ2) is 8.39. The van der Waals surface area contributed by atoms with E-state index in [1.54, 1.807) is 12.1 Å². The van der Waals surface area contributed by atoms with Crippen LogP contribution in [0.2, 0.25) is 0 Å². The van der Waals surface area contributed by atoms with Gasteiger partial charge in [0.15, 0.2) is 9.84 Å². The molecule has 2 saturated heterocycles. The Balaban J connectivity index is 1.24. The van der Waals surface area contributed by atoms with E-state index in [-0.39, 0.29) is 23.4 Å². The number of amides is 3. The average Bonchev–Trinajstić information content (AvgIpc) is 3.37. The maximum atomic E-state index is 13.3. The van der Waals surface area contributed by atoms with Gasteiger partial charge in [-0.25, -0.2) is 13.2 Å². The van der Waals surface area contributed by atoms with Gasteiger partial charge in [-0.2, -0.15) is 0 Å². The Hall–Kier alpha value is -2.91. The average molecular weight is 484 g/mol. The Morgan fingerprint density at radius 1 is 1.09 bits per heavy atom. The molecule has 1 spiro atoms. The summed E-state index contributed by atoms with van der Waals surface area (Å²) in [5.74, 6) is 0.763. The minimum absolute atomic E-state index is 0.117.